The zero-order valence-electron chi connectivity index (χ0n) is 10.3. The molecule has 19 heavy (non-hydrogen) atoms. The highest BCUT2D eigenvalue weighted by Gasteiger charge is 2.11. The topological polar surface area (TPSA) is 62.7 Å². The Kier molecular flexibility index (Phi) is 4.17. The summed E-state index contributed by atoms with van der Waals surface area (Å²) in [6.07, 6.45) is 1.55. The van der Waals surface area contributed by atoms with Crippen molar-refractivity contribution in [1.29, 1.82) is 0 Å². The van der Waals surface area contributed by atoms with E-state index in [0.717, 1.165) is 6.07 Å². The lowest BCUT2D eigenvalue weighted by Gasteiger charge is -2.09. The van der Waals surface area contributed by atoms with E-state index in [1.807, 2.05) is 0 Å². The van der Waals surface area contributed by atoms with E-state index in [9.17, 15) is 8.78 Å². The lowest BCUT2D eigenvalue weighted by atomic mass is 10.3. The average Bonchev–Trinajstić information content (AvgIpc) is 2.42. The van der Waals surface area contributed by atoms with Crippen LogP contribution in [0.25, 0.3) is 0 Å². The Morgan fingerprint density at radius 3 is 2.53 bits per heavy atom. The van der Waals surface area contributed by atoms with Gasteiger partial charge in [0.2, 0.25) is 0 Å². The smallest absolute Gasteiger partial charge is 0.168 e. The first-order chi connectivity index (χ1) is 9.20. The van der Waals surface area contributed by atoms with Crippen LogP contribution in [0.15, 0.2) is 24.4 Å². The Bertz CT molecular complexity index is 547. The number of nitrogens with one attached hydrogen (secondary N) is 2. The fourth-order valence-corrected chi connectivity index (χ4v) is 1.48. The van der Waals surface area contributed by atoms with Crippen molar-refractivity contribution in [2.45, 2.75) is 13.5 Å². The van der Waals surface area contributed by atoms with E-state index >= 15 is 0 Å². The molecule has 0 bridgehead atoms. The lowest BCUT2D eigenvalue weighted by molar-refractivity contribution is 0.578. The number of rotatable bonds is 5. The number of hydrogen-bond acceptors (Lipinski definition) is 5. The summed E-state index contributed by atoms with van der Waals surface area (Å²) in [6, 6.07) is 4.26. The van der Waals surface area contributed by atoms with Gasteiger partial charge in [-0.2, -0.15) is 10.2 Å². The van der Waals surface area contributed by atoms with E-state index in [-0.39, 0.29) is 18.2 Å². The van der Waals surface area contributed by atoms with Crippen molar-refractivity contribution in [1.82, 2.24) is 15.2 Å². The van der Waals surface area contributed by atoms with Gasteiger partial charge in [-0.05, 0) is 19.1 Å². The summed E-state index contributed by atoms with van der Waals surface area (Å²) in [5, 5.41) is 13.0. The second-order valence-corrected chi connectivity index (χ2v) is 3.75. The summed E-state index contributed by atoms with van der Waals surface area (Å²) in [6.45, 7) is 2.56. The van der Waals surface area contributed by atoms with Gasteiger partial charge in [-0.15, -0.1) is 0 Å². The molecule has 0 radical (unpaired) electrons. The van der Waals surface area contributed by atoms with Crippen molar-refractivity contribution < 1.29 is 8.78 Å². The zero-order chi connectivity index (χ0) is 13.7. The van der Waals surface area contributed by atoms with E-state index in [2.05, 4.69) is 25.8 Å². The first-order valence-electron chi connectivity index (χ1n) is 5.81. The third-order valence-electron chi connectivity index (χ3n) is 2.34. The largest absolute Gasteiger partial charge is 0.368 e. The Balaban J connectivity index is 2.13. The number of nitrogens with zero attached hydrogens (tertiary/aromatic N) is 3. The predicted octanol–water partition coefficient (Wildman–Crippen LogP) is 2.19. The van der Waals surface area contributed by atoms with E-state index in [1.165, 1.54) is 0 Å². The van der Waals surface area contributed by atoms with Crippen LogP contribution in [0.3, 0.4) is 0 Å². The third-order valence-corrected chi connectivity index (χ3v) is 2.34. The van der Waals surface area contributed by atoms with Crippen LogP contribution in [-0.4, -0.2) is 21.7 Å². The van der Waals surface area contributed by atoms with Crippen LogP contribution >= 0.6 is 0 Å². The predicted molar refractivity (Wildman–Crippen MR) is 67.7 cm³/mol. The van der Waals surface area contributed by atoms with Gasteiger partial charge in [-0.3, -0.25) is 0 Å². The van der Waals surface area contributed by atoms with Gasteiger partial charge in [0.15, 0.2) is 23.3 Å². The normalized spacial score (nSPS) is 10.3. The summed E-state index contributed by atoms with van der Waals surface area (Å²) in [5.41, 5.74) is 0.637. The lowest BCUT2D eigenvalue weighted by Crippen LogP contribution is -2.09. The van der Waals surface area contributed by atoms with Gasteiger partial charge < -0.3 is 10.6 Å². The molecule has 2 heterocycles. The quantitative estimate of drug-likeness (QED) is 0.867. The third kappa shape index (κ3) is 3.34. The molecule has 0 fully saturated rings. The Hall–Kier alpha value is -2.31. The van der Waals surface area contributed by atoms with Crippen molar-refractivity contribution in [2.75, 3.05) is 17.2 Å². The summed E-state index contributed by atoms with van der Waals surface area (Å²) < 4.78 is 26.9. The van der Waals surface area contributed by atoms with Crippen LogP contribution in [-0.2, 0) is 6.54 Å². The molecule has 2 rings (SSSR count). The summed E-state index contributed by atoms with van der Waals surface area (Å²) in [5.74, 6) is -1.47. The number of anilines is 2. The minimum Gasteiger partial charge on any atom is -0.368 e. The second-order valence-electron chi connectivity index (χ2n) is 3.75. The van der Waals surface area contributed by atoms with E-state index in [4.69, 9.17) is 0 Å². The standard InChI is InChI=1S/C12H13F2N5/c1-2-15-11-9(13)6-10(14)12(18-11)16-7-8-4-3-5-17-19-8/h3-6H,2,7H2,1H3,(H2,15,16,18). The molecule has 0 spiro atoms. The van der Waals surface area contributed by atoms with Gasteiger partial charge in [0.25, 0.3) is 0 Å². The summed E-state index contributed by atoms with van der Waals surface area (Å²) >= 11 is 0. The monoisotopic (exact) mass is 265 g/mol. The van der Waals surface area contributed by atoms with Crippen LogP contribution in [0.4, 0.5) is 20.4 Å². The van der Waals surface area contributed by atoms with Crippen LogP contribution in [0.5, 0.6) is 0 Å². The summed E-state index contributed by atoms with van der Waals surface area (Å²) in [7, 11) is 0. The SMILES string of the molecule is CCNc1nc(NCc2cccnn2)c(F)cc1F. The maximum Gasteiger partial charge on any atom is 0.168 e. The number of pyridine rings is 1. The Morgan fingerprint density at radius 2 is 1.89 bits per heavy atom. The van der Waals surface area contributed by atoms with Crippen molar-refractivity contribution in [3.8, 4) is 0 Å². The molecule has 0 unspecified atom stereocenters. The van der Waals surface area contributed by atoms with Crippen molar-refractivity contribution >= 4 is 11.6 Å². The first kappa shape index (κ1) is 13.1. The number of halogens is 2. The van der Waals surface area contributed by atoms with Crippen LogP contribution in [0.2, 0.25) is 0 Å². The molecule has 2 aromatic heterocycles. The van der Waals surface area contributed by atoms with Crippen LogP contribution in [0.1, 0.15) is 12.6 Å². The molecule has 7 heteroatoms. The fourth-order valence-electron chi connectivity index (χ4n) is 1.48. The fraction of sp³-hybridized carbons (Fsp3) is 0.250. The highest BCUT2D eigenvalue weighted by molar-refractivity contribution is 5.47. The molecule has 0 aromatic carbocycles. The molecule has 0 aliphatic carbocycles. The van der Waals surface area contributed by atoms with Gasteiger partial charge in [0.05, 0.1) is 12.2 Å². The maximum atomic E-state index is 13.5. The number of aromatic nitrogens is 3. The molecule has 2 N–H and O–H groups in total. The van der Waals surface area contributed by atoms with Gasteiger partial charge in [-0.1, -0.05) is 0 Å². The van der Waals surface area contributed by atoms with Gasteiger partial charge >= 0.3 is 0 Å². The molecular formula is C12H13F2N5. The molecule has 5 nitrogen and oxygen atoms in total. The molecule has 0 saturated carbocycles. The average molecular weight is 265 g/mol. The minimum absolute atomic E-state index is 0.0190. The van der Waals surface area contributed by atoms with Crippen molar-refractivity contribution in [3.05, 3.63) is 41.7 Å². The molecule has 0 aliphatic rings. The van der Waals surface area contributed by atoms with E-state index in [1.54, 1.807) is 25.3 Å². The Labute approximate surface area is 109 Å². The summed E-state index contributed by atoms with van der Waals surface area (Å²) in [4.78, 5) is 3.86. The number of hydrogen-bond donors (Lipinski definition) is 2. The van der Waals surface area contributed by atoms with E-state index < -0.39 is 11.6 Å². The molecule has 0 saturated heterocycles. The van der Waals surface area contributed by atoms with E-state index in [0.29, 0.717) is 12.2 Å². The molecular weight excluding hydrogens is 252 g/mol. The van der Waals surface area contributed by atoms with Gasteiger partial charge in [-0.25, -0.2) is 13.8 Å². The molecule has 0 amide bonds. The van der Waals surface area contributed by atoms with Gasteiger partial charge in [0, 0.05) is 18.8 Å². The van der Waals surface area contributed by atoms with Gasteiger partial charge in [0.1, 0.15) is 0 Å². The molecule has 0 aliphatic heterocycles. The molecule has 0 atom stereocenters. The highest BCUT2D eigenvalue weighted by Crippen LogP contribution is 2.19. The molecule has 100 valence electrons. The second kappa shape index (κ2) is 6.03. The zero-order valence-corrected chi connectivity index (χ0v) is 10.3. The highest BCUT2D eigenvalue weighted by atomic mass is 19.1. The minimum atomic E-state index is -0.747. The maximum absolute atomic E-state index is 13.5. The van der Waals surface area contributed by atoms with Crippen LogP contribution in [0, 0.1) is 11.6 Å². The Morgan fingerprint density at radius 1 is 1.16 bits per heavy atom. The van der Waals surface area contributed by atoms with Crippen molar-refractivity contribution in [3.63, 3.8) is 0 Å². The molecule has 2 aromatic rings. The van der Waals surface area contributed by atoms with Crippen LogP contribution < -0.4 is 10.6 Å². The first-order valence-corrected chi connectivity index (χ1v) is 5.81. The van der Waals surface area contributed by atoms with Crippen molar-refractivity contribution in [2.24, 2.45) is 0 Å².